The zero-order valence-corrected chi connectivity index (χ0v) is 17.5. The molecule has 0 unspecified atom stereocenters. The molecule has 0 bridgehead atoms. The van der Waals surface area contributed by atoms with E-state index in [4.69, 9.17) is 23.6 Å². The van der Waals surface area contributed by atoms with Crippen molar-refractivity contribution in [3.05, 3.63) is 0 Å². The van der Waals surface area contributed by atoms with Gasteiger partial charge in [-0.05, 0) is 71.7 Å². The minimum atomic E-state index is -1.27. The SMILES string of the molecule is CC(C)(C)[P@@]1(=S)CCC[C@@H]1[C@H]1CCC[P@]1(=S)C(C)(C)C. The molecule has 0 nitrogen and oxygen atoms in total. The topological polar surface area (TPSA) is 0 Å². The van der Waals surface area contributed by atoms with Gasteiger partial charge >= 0.3 is 0 Å². The maximum atomic E-state index is 6.37. The Morgan fingerprint density at radius 1 is 0.700 bits per heavy atom. The summed E-state index contributed by atoms with van der Waals surface area (Å²) in [6.07, 6.45) is 8.19. The molecule has 20 heavy (non-hydrogen) atoms. The summed E-state index contributed by atoms with van der Waals surface area (Å²) in [6, 6.07) is -2.54. The lowest BCUT2D eigenvalue weighted by molar-refractivity contribution is 0.670. The van der Waals surface area contributed by atoms with Gasteiger partial charge in [0.05, 0.1) is 0 Å². The van der Waals surface area contributed by atoms with Crippen LogP contribution in [0.5, 0.6) is 0 Å². The molecule has 0 aromatic rings. The molecule has 0 radical (unpaired) electrons. The van der Waals surface area contributed by atoms with Crippen LogP contribution in [0.2, 0.25) is 0 Å². The van der Waals surface area contributed by atoms with Crippen molar-refractivity contribution in [1.82, 2.24) is 0 Å². The van der Waals surface area contributed by atoms with Crippen LogP contribution in [-0.4, -0.2) is 34.0 Å². The van der Waals surface area contributed by atoms with Gasteiger partial charge in [-0.3, -0.25) is 0 Å². The van der Waals surface area contributed by atoms with Gasteiger partial charge in [-0.25, -0.2) is 0 Å². The fourth-order valence-electron chi connectivity index (χ4n) is 4.43. The minimum Gasteiger partial charge on any atom is -0.0966 e. The molecule has 2 heterocycles. The maximum Gasteiger partial charge on any atom is -0.00386 e. The van der Waals surface area contributed by atoms with E-state index in [0.29, 0.717) is 10.3 Å². The fraction of sp³-hybridized carbons (Fsp3) is 1.00. The van der Waals surface area contributed by atoms with Crippen LogP contribution >= 0.6 is 12.1 Å². The first kappa shape index (κ1) is 17.7. The lowest BCUT2D eigenvalue weighted by Gasteiger charge is -2.45. The third-order valence-electron chi connectivity index (χ3n) is 5.77. The van der Waals surface area contributed by atoms with Gasteiger partial charge in [-0.15, -0.1) is 0 Å². The minimum absolute atomic E-state index is 0.337. The molecular formula is C16H32P2S2. The van der Waals surface area contributed by atoms with Crippen LogP contribution in [0.4, 0.5) is 0 Å². The second-order valence-corrected chi connectivity index (χ2v) is 20.8. The van der Waals surface area contributed by atoms with E-state index in [2.05, 4.69) is 41.5 Å². The standard InChI is InChI=1S/C16H32P2S2/c1-15(2,3)17(19)11-7-9-13(17)14-10-8-12-18(14,20)16(4,5)6/h13-14H,7-12H2,1-6H3/t13-,14-,17-,18-/m1/s1. The van der Waals surface area contributed by atoms with Crippen molar-refractivity contribution < 1.29 is 0 Å². The highest BCUT2D eigenvalue weighted by atomic mass is 32.4. The molecule has 0 saturated carbocycles. The molecule has 2 rings (SSSR count). The van der Waals surface area contributed by atoms with E-state index in [1.807, 2.05) is 0 Å². The van der Waals surface area contributed by atoms with Crippen molar-refractivity contribution in [2.24, 2.45) is 0 Å². The van der Waals surface area contributed by atoms with Crippen molar-refractivity contribution in [2.45, 2.75) is 88.9 Å². The van der Waals surface area contributed by atoms with Crippen molar-refractivity contribution in [2.75, 3.05) is 12.3 Å². The van der Waals surface area contributed by atoms with Crippen LogP contribution in [0.25, 0.3) is 0 Å². The van der Waals surface area contributed by atoms with E-state index in [9.17, 15) is 0 Å². The largest absolute Gasteiger partial charge is 0.0966 e. The molecule has 0 aromatic heterocycles. The van der Waals surface area contributed by atoms with Crippen LogP contribution in [-0.2, 0) is 23.6 Å². The summed E-state index contributed by atoms with van der Waals surface area (Å²) < 4.78 is 0. The highest BCUT2D eigenvalue weighted by Gasteiger charge is 2.53. The third kappa shape index (κ3) is 2.66. The number of hydrogen-bond donors (Lipinski definition) is 0. The predicted molar refractivity (Wildman–Crippen MR) is 104 cm³/mol. The first-order chi connectivity index (χ1) is 8.93. The van der Waals surface area contributed by atoms with E-state index in [1.165, 1.54) is 38.0 Å². The third-order valence-corrected chi connectivity index (χ3v) is 21.9. The summed E-state index contributed by atoms with van der Waals surface area (Å²) >= 11 is 12.7. The lowest BCUT2D eigenvalue weighted by atomic mass is 10.1. The van der Waals surface area contributed by atoms with Gasteiger partial charge in [-0.1, -0.05) is 65.2 Å². The van der Waals surface area contributed by atoms with Crippen molar-refractivity contribution in [3.8, 4) is 0 Å². The highest BCUT2D eigenvalue weighted by molar-refractivity contribution is 8.18. The van der Waals surface area contributed by atoms with Crippen LogP contribution in [0.15, 0.2) is 0 Å². The normalized spacial score (nSPS) is 43.1. The van der Waals surface area contributed by atoms with E-state index in [-0.39, 0.29) is 0 Å². The summed E-state index contributed by atoms with van der Waals surface area (Å²) in [5.41, 5.74) is 1.62. The number of rotatable bonds is 1. The maximum absolute atomic E-state index is 6.37. The summed E-state index contributed by atoms with van der Waals surface area (Å²) in [5.74, 6) is 0. The van der Waals surface area contributed by atoms with E-state index in [0.717, 1.165) is 11.3 Å². The zero-order valence-electron chi connectivity index (χ0n) is 14.1. The van der Waals surface area contributed by atoms with Gasteiger partial charge < -0.3 is 0 Å². The monoisotopic (exact) mass is 350 g/mol. The molecule has 4 heteroatoms. The molecule has 0 N–H and O–H groups in total. The van der Waals surface area contributed by atoms with Crippen molar-refractivity contribution in [3.63, 3.8) is 0 Å². The molecule has 2 fully saturated rings. The predicted octanol–water partition coefficient (Wildman–Crippen LogP) is 5.87. The molecule has 0 aliphatic carbocycles. The molecule has 0 amide bonds. The van der Waals surface area contributed by atoms with Crippen molar-refractivity contribution in [1.29, 1.82) is 0 Å². The zero-order chi connectivity index (χ0) is 15.4. The van der Waals surface area contributed by atoms with Crippen LogP contribution in [0.1, 0.15) is 67.2 Å². The summed E-state index contributed by atoms with van der Waals surface area (Å²) in [5, 5.41) is 0.675. The Balaban J connectivity index is 2.41. The quantitative estimate of drug-likeness (QED) is 0.543. The van der Waals surface area contributed by atoms with Gasteiger partial charge in [0.2, 0.25) is 0 Å². The first-order valence-corrected chi connectivity index (χ1v) is 14.2. The van der Waals surface area contributed by atoms with Gasteiger partial charge in [0.1, 0.15) is 0 Å². The van der Waals surface area contributed by atoms with Gasteiger partial charge in [0.25, 0.3) is 0 Å². The van der Waals surface area contributed by atoms with Crippen LogP contribution in [0, 0.1) is 0 Å². The average molecular weight is 351 g/mol. The fourth-order valence-corrected chi connectivity index (χ4v) is 16.5. The Labute approximate surface area is 136 Å². The molecule has 2 saturated heterocycles. The van der Waals surface area contributed by atoms with Crippen LogP contribution < -0.4 is 0 Å². The van der Waals surface area contributed by atoms with Gasteiger partial charge in [0, 0.05) is 0 Å². The van der Waals surface area contributed by atoms with Crippen molar-refractivity contribution >= 4 is 35.7 Å². The Kier molecular flexibility index (Phi) is 4.80. The molecular weight excluding hydrogens is 318 g/mol. The molecule has 2 aliphatic rings. The van der Waals surface area contributed by atoms with E-state index >= 15 is 0 Å². The Morgan fingerprint density at radius 3 is 1.25 bits per heavy atom. The Hall–Kier alpha value is 1.30. The smallest absolute Gasteiger partial charge is 0.00386 e. The first-order valence-electron chi connectivity index (χ1n) is 8.11. The Bertz CT molecular complexity index is 424. The van der Waals surface area contributed by atoms with Gasteiger partial charge in [0.15, 0.2) is 0 Å². The molecule has 118 valence electrons. The van der Waals surface area contributed by atoms with Crippen LogP contribution in [0.3, 0.4) is 0 Å². The summed E-state index contributed by atoms with van der Waals surface area (Å²) in [6.45, 7) is 14.4. The van der Waals surface area contributed by atoms with E-state index < -0.39 is 12.1 Å². The highest BCUT2D eigenvalue weighted by Crippen LogP contribution is 2.77. The van der Waals surface area contributed by atoms with E-state index in [1.54, 1.807) is 0 Å². The molecule has 0 aromatic carbocycles. The Morgan fingerprint density at radius 2 is 1.00 bits per heavy atom. The summed E-state index contributed by atoms with van der Waals surface area (Å²) in [4.78, 5) is 0. The molecule has 0 spiro atoms. The lowest BCUT2D eigenvalue weighted by Crippen LogP contribution is -2.33. The molecule has 4 atom stereocenters. The number of hydrogen-bond acceptors (Lipinski definition) is 2. The molecule has 2 aliphatic heterocycles. The second-order valence-electron chi connectivity index (χ2n) is 8.80. The van der Waals surface area contributed by atoms with Gasteiger partial charge in [-0.2, -0.15) is 0 Å². The second kappa shape index (κ2) is 5.43. The average Bonchev–Trinajstić information content (AvgIpc) is 2.81. The summed E-state index contributed by atoms with van der Waals surface area (Å²) in [7, 11) is 0.